The van der Waals surface area contributed by atoms with Gasteiger partial charge in [-0.05, 0) is 24.1 Å². The summed E-state index contributed by atoms with van der Waals surface area (Å²) >= 11 is 0. The van der Waals surface area contributed by atoms with Crippen molar-refractivity contribution in [3.63, 3.8) is 0 Å². The molecule has 4 heteroatoms. The molecule has 0 radical (unpaired) electrons. The number of ether oxygens (including phenoxy) is 1. The number of hydrogen-bond acceptors (Lipinski definition) is 3. The smallest absolute Gasteiger partial charge is 0.375 e. The quantitative estimate of drug-likeness (QED) is 0.863. The van der Waals surface area contributed by atoms with Gasteiger partial charge in [-0.3, -0.25) is 0 Å². The van der Waals surface area contributed by atoms with Crippen molar-refractivity contribution < 1.29 is 19.1 Å². The zero-order valence-corrected chi connectivity index (χ0v) is 9.11. The van der Waals surface area contributed by atoms with E-state index in [-0.39, 0.29) is 11.5 Å². The molecule has 1 aromatic carbocycles. The first-order valence-electron chi connectivity index (χ1n) is 5.00. The maximum Gasteiger partial charge on any atom is 0.375 e. The van der Waals surface area contributed by atoms with Crippen molar-refractivity contribution in [3.8, 4) is 5.75 Å². The van der Waals surface area contributed by atoms with Crippen LogP contribution in [-0.4, -0.2) is 18.2 Å². The van der Waals surface area contributed by atoms with Gasteiger partial charge in [-0.15, -0.1) is 0 Å². The molecule has 0 bridgehead atoms. The van der Waals surface area contributed by atoms with Crippen molar-refractivity contribution in [1.82, 2.24) is 0 Å². The second-order valence-electron chi connectivity index (χ2n) is 3.45. The molecular weight excluding hydrogens is 208 g/mol. The SMILES string of the molecule is CCc1ccc2oc(C(=O)O)c(OC)c2c1. The van der Waals surface area contributed by atoms with Gasteiger partial charge in [0.1, 0.15) is 5.58 Å². The molecule has 16 heavy (non-hydrogen) atoms. The number of aryl methyl sites for hydroxylation is 1. The molecule has 0 spiro atoms. The molecule has 0 aliphatic carbocycles. The zero-order valence-electron chi connectivity index (χ0n) is 9.11. The molecule has 0 aliphatic heterocycles. The molecule has 0 saturated heterocycles. The molecule has 2 rings (SSSR count). The number of methoxy groups -OCH3 is 1. The molecule has 0 atom stereocenters. The molecule has 1 N–H and O–H groups in total. The molecule has 1 heterocycles. The van der Waals surface area contributed by atoms with Crippen molar-refractivity contribution in [3.05, 3.63) is 29.5 Å². The number of aromatic carboxylic acids is 1. The highest BCUT2D eigenvalue weighted by Gasteiger charge is 2.20. The molecule has 0 amide bonds. The second kappa shape index (κ2) is 3.89. The van der Waals surface area contributed by atoms with Crippen LogP contribution in [0.5, 0.6) is 5.75 Å². The van der Waals surface area contributed by atoms with Crippen molar-refractivity contribution in [2.75, 3.05) is 7.11 Å². The summed E-state index contributed by atoms with van der Waals surface area (Å²) < 4.78 is 10.3. The first-order chi connectivity index (χ1) is 7.67. The summed E-state index contributed by atoms with van der Waals surface area (Å²) in [4.78, 5) is 10.9. The molecule has 0 unspecified atom stereocenters. The normalized spacial score (nSPS) is 10.6. The summed E-state index contributed by atoms with van der Waals surface area (Å²) in [7, 11) is 1.44. The van der Waals surface area contributed by atoms with Crippen LogP contribution in [0.3, 0.4) is 0 Å². The number of rotatable bonds is 3. The lowest BCUT2D eigenvalue weighted by molar-refractivity contribution is 0.0660. The first-order valence-corrected chi connectivity index (χ1v) is 5.00. The third-order valence-corrected chi connectivity index (χ3v) is 2.51. The van der Waals surface area contributed by atoms with E-state index in [9.17, 15) is 4.79 Å². The fourth-order valence-electron chi connectivity index (χ4n) is 1.69. The van der Waals surface area contributed by atoms with E-state index < -0.39 is 5.97 Å². The highest BCUT2D eigenvalue weighted by atomic mass is 16.5. The van der Waals surface area contributed by atoms with Crippen molar-refractivity contribution in [1.29, 1.82) is 0 Å². The van der Waals surface area contributed by atoms with Gasteiger partial charge in [-0.25, -0.2) is 4.79 Å². The van der Waals surface area contributed by atoms with E-state index in [0.717, 1.165) is 12.0 Å². The van der Waals surface area contributed by atoms with Crippen molar-refractivity contribution in [2.24, 2.45) is 0 Å². The van der Waals surface area contributed by atoms with Gasteiger partial charge in [-0.2, -0.15) is 0 Å². The van der Waals surface area contributed by atoms with Gasteiger partial charge in [0, 0.05) is 0 Å². The van der Waals surface area contributed by atoms with E-state index in [1.807, 2.05) is 19.1 Å². The zero-order chi connectivity index (χ0) is 11.7. The molecule has 0 fully saturated rings. The maximum atomic E-state index is 10.9. The number of hydrogen-bond donors (Lipinski definition) is 1. The molecule has 84 valence electrons. The van der Waals surface area contributed by atoms with E-state index in [1.165, 1.54) is 7.11 Å². The Kier molecular flexibility index (Phi) is 2.56. The minimum absolute atomic E-state index is 0.147. The number of carbonyl (C=O) groups is 1. The van der Waals surface area contributed by atoms with Crippen LogP contribution >= 0.6 is 0 Å². The van der Waals surface area contributed by atoms with Crippen LogP contribution in [0.15, 0.2) is 22.6 Å². The number of fused-ring (bicyclic) bond motifs is 1. The topological polar surface area (TPSA) is 59.7 Å². The van der Waals surface area contributed by atoms with Gasteiger partial charge in [0.2, 0.25) is 0 Å². The van der Waals surface area contributed by atoms with Gasteiger partial charge in [0.15, 0.2) is 5.75 Å². The number of furan rings is 1. The lowest BCUT2D eigenvalue weighted by Gasteiger charge is -1.98. The number of benzene rings is 1. The van der Waals surface area contributed by atoms with Gasteiger partial charge < -0.3 is 14.3 Å². The van der Waals surface area contributed by atoms with E-state index in [2.05, 4.69) is 0 Å². The summed E-state index contributed by atoms with van der Waals surface area (Å²) in [6, 6.07) is 5.57. The van der Waals surface area contributed by atoms with Crippen LogP contribution in [0.25, 0.3) is 11.0 Å². The van der Waals surface area contributed by atoms with E-state index in [0.29, 0.717) is 11.0 Å². The Hall–Kier alpha value is -1.97. The van der Waals surface area contributed by atoms with Crippen LogP contribution < -0.4 is 4.74 Å². The molecular formula is C12H12O4. The highest BCUT2D eigenvalue weighted by Crippen LogP contribution is 2.33. The van der Waals surface area contributed by atoms with Crippen LogP contribution in [-0.2, 0) is 6.42 Å². The van der Waals surface area contributed by atoms with E-state index in [1.54, 1.807) is 6.07 Å². The predicted octanol–water partition coefficient (Wildman–Crippen LogP) is 2.70. The summed E-state index contributed by atoms with van der Waals surface area (Å²) in [5.74, 6) is -0.977. The average molecular weight is 220 g/mol. The fraction of sp³-hybridized carbons (Fsp3) is 0.250. The van der Waals surface area contributed by atoms with Crippen LogP contribution in [0.1, 0.15) is 23.0 Å². The largest absolute Gasteiger partial charge is 0.492 e. The molecule has 0 saturated carbocycles. The Morgan fingerprint density at radius 2 is 2.25 bits per heavy atom. The van der Waals surface area contributed by atoms with Crippen molar-refractivity contribution in [2.45, 2.75) is 13.3 Å². The lowest BCUT2D eigenvalue weighted by Crippen LogP contribution is -1.96. The minimum atomic E-state index is -1.12. The summed E-state index contributed by atoms with van der Waals surface area (Å²) in [6.07, 6.45) is 0.882. The summed E-state index contributed by atoms with van der Waals surface area (Å²) in [5, 5.41) is 9.66. The van der Waals surface area contributed by atoms with Gasteiger partial charge in [0.25, 0.3) is 5.76 Å². The van der Waals surface area contributed by atoms with Gasteiger partial charge >= 0.3 is 5.97 Å². The summed E-state index contributed by atoms with van der Waals surface area (Å²) in [6.45, 7) is 2.03. The molecule has 4 nitrogen and oxygen atoms in total. The molecule has 0 aliphatic rings. The molecule has 1 aromatic heterocycles. The Morgan fingerprint density at radius 1 is 1.50 bits per heavy atom. The predicted molar refractivity (Wildman–Crippen MR) is 59.1 cm³/mol. The van der Waals surface area contributed by atoms with Crippen LogP contribution in [0.4, 0.5) is 0 Å². The average Bonchev–Trinajstić information content (AvgIpc) is 2.66. The maximum absolute atomic E-state index is 10.9. The first kappa shape index (κ1) is 10.5. The van der Waals surface area contributed by atoms with E-state index in [4.69, 9.17) is 14.3 Å². The lowest BCUT2D eigenvalue weighted by atomic mass is 10.1. The highest BCUT2D eigenvalue weighted by molar-refractivity contribution is 5.98. The van der Waals surface area contributed by atoms with Crippen LogP contribution in [0.2, 0.25) is 0 Å². The Bertz CT molecular complexity index is 539. The molecule has 2 aromatic rings. The Morgan fingerprint density at radius 3 is 2.81 bits per heavy atom. The Labute approximate surface area is 92.4 Å². The minimum Gasteiger partial charge on any atom is -0.492 e. The third kappa shape index (κ3) is 1.52. The standard InChI is InChI=1S/C12H12O4/c1-3-7-4-5-9-8(6-7)10(15-2)11(16-9)12(13)14/h4-6H,3H2,1-2H3,(H,13,14). The summed E-state index contributed by atoms with van der Waals surface area (Å²) in [5.41, 5.74) is 1.65. The van der Waals surface area contributed by atoms with Gasteiger partial charge in [-0.1, -0.05) is 13.0 Å². The van der Waals surface area contributed by atoms with Gasteiger partial charge in [0.05, 0.1) is 12.5 Å². The number of carboxylic acids is 1. The second-order valence-corrected chi connectivity index (χ2v) is 3.45. The number of carboxylic acid groups (broad SMARTS) is 1. The van der Waals surface area contributed by atoms with E-state index >= 15 is 0 Å². The Balaban J connectivity index is 2.73. The monoisotopic (exact) mass is 220 g/mol. The van der Waals surface area contributed by atoms with Crippen LogP contribution in [0, 0.1) is 0 Å². The third-order valence-electron chi connectivity index (χ3n) is 2.51. The van der Waals surface area contributed by atoms with Crippen molar-refractivity contribution >= 4 is 16.9 Å². The fourth-order valence-corrected chi connectivity index (χ4v) is 1.69.